The van der Waals surface area contributed by atoms with Crippen molar-refractivity contribution < 1.29 is 9.53 Å². The average molecular weight is 340 g/mol. The lowest BCUT2D eigenvalue weighted by molar-refractivity contribution is 0.0939. The first-order valence-electron chi connectivity index (χ1n) is 8.66. The van der Waals surface area contributed by atoms with E-state index in [-0.39, 0.29) is 11.9 Å². The third-order valence-corrected chi connectivity index (χ3v) is 4.09. The molecule has 1 amide bonds. The van der Waals surface area contributed by atoms with Crippen LogP contribution in [0.4, 0.5) is 11.5 Å². The first-order valence-corrected chi connectivity index (χ1v) is 8.66. The van der Waals surface area contributed by atoms with Crippen LogP contribution in [0.3, 0.4) is 0 Å². The van der Waals surface area contributed by atoms with Crippen LogP contribution in [0.5, 0.6) is 0 Å². The summed E-state index contributed by atoms with van der Waals surface area (Å²) in [6, 6.07) is 11.8. The highest BCUT2D eigenvalue weighted by molar-refractivity contribution is 5.94. The van der Waals surface area contributed by atoms with Gasteiger partial charge in [0.15, 0.2) is 0 Å². The summed E-state index contributed by atoms with van der Waals surface area (Å²) in [7, 11) is 0. The standard InChI is InChI=1S/C19H24N4O2/c1-2-25-13-14-4-3-5-16(10-14)22-18-7-6-15(11-21-18)19(24)23-17-8-9-20-12-17/h3-7,10-11,17,20H,2,8-9,12-13H2,1H3,(H,21,22)(H,23,24). The van der Waals surface area contributed by atoms with Crippen LogP contribution in [0, 0.1) is 0 Å². The predicted octanol–water partition coefficient (Wildman–Crippen LogP) is 2.45. The number of rotatable bonds is 7. The maximum absolute atomic E-state index is 12.2. The van der Waals surface area contributed by atoms with Crippen molar-refractivity contribution in [2.45, 2.75) is 26.0 Å². The minimum Gasteiger partial charge on any atom is -0.377 e. The topological polar surface area (TPSA) is 75.3 Å². The van der Waals surface area contributed by atoms with Gasteiger partial charge in [0.1, 0.15) is 5.82 Å². The van der Waals surface area contributed by atoms with Gasteiger partial charge in [-0.15, -0.1) is 0 Å². The number of benzene rings is 1. The van der Waals surface area contributed by atoms with Gasteiger partial charge in [0, 0.05) is 31.1 Å². The summed E-state index contributed by atoms with van der Waals surface area (Å²) >= 11 is 0. The summed E-state index contributed by atoms with van der Waals surface area (Å²) in [5, 5.41) is 9.50. The van der Waals surface area contributed by atoms with Crippen LogP contribution in [-0.4, -0.2) is 36.6 Å². The van der Waals surface area contributed by atoms with Gasteiger partial charge in [-0.2, -0.15) is 0 Å². The van der Waals surface area contributed by atoms with E-state index in [0.29, 0.717) is 24.6 Å². The maximum atomic E-state index is 12.2. The zero-order valence-corrected chi connectivity index (χ0v) is 14.4. The molecule has 0 radical (unpaired) electrons. The zero-order valence-electron chi connectivity index (χ0n) is 14.4. The maximum Gasteiger partial charge on any atom is 0.253 e. The number of aromatic nitrogens is 1. The van der Waals surface area contributed by atoms with Crippen molar-refractivity contribution in [3.05, 3.63) is 53.7 Å². The minimum absolute atomic E-state index is 0.0774. The zero-order chi connectivity index (χ0) is 17.5. The highest BCUT2D eigenvalue weighted by Gasteiger charge is 2.17. The molecule has 1 fully saturated rings. The normalized spacial score (nSPS) is 16.6. The molecule has 1 aliphatic rings. The Morgan fingerprint density at radius 2 is 2.28 bits per heavy atom. The van der Waals surface area contributed by atoms with Crippen molar-refractivity contribution >= 4 is 17.4 Å². The Bertz CT molecular complexity index is 697. The molecule has 0 bridgehead atoms. The SMILES string of the molecule is CCOCc1cccc(Nc2ccc(C(=O)NC3CCNC3)cn2)c1. The number of amides is 1. The van der Waals surface area contributed by atoms with E-state index in [1.807, 2.05) is 37.3 Å². The van der Waals surface area contributed by atoms with E-state index in [4.69, 9.17) is 4.74 Å². The van der Waals surface area contributed by atoms with Crippen LogP contribution in [-0.2, 0) is 11.3 Å². The monoisotopic (exact) mass is 340 g/mol. The lowest BCUT2D eigenvalue weighted by Crippen LogP contribution is -2.36. The molecule has 1 atom stereocenters. The van der Waals surface area contributed by atoms with Crippen molar-refractivity contribution in [1.82, 2.24) is 15.6 Å². The van der Waals surface area contributed by atoms with E-state index in [2.05, 4.69) is 20.9 Å². The molecule has 0 saturated carbocycles. The van der Waals surface area contributed by atoms with Gasteiger partial charge in [-0.3, -0.25) is 4.79 Å². The third kappa shape index (κ3) is 5.01. The molecular weight excluding hydrogens is 316 g/mol. The van der Waals surface area contributed by atoms with Gasteiger partial charge < -0.3 is 20.7 Å². The van der Waals surface area contributed by atoms with Crippen LogP contribution in [0.1, 0.15) is 29.3 Å². The van der Waals surface area contributed by atoms with Crippen LogP contribution < -0.4 is 16.0 Å². The molecule has 6 nitrogen and oxygen atoms in total. The third-order valence-electron chi connectivity index (χ3n) is 4.09. The van der Waals surface area contributed by atoms with Crippen molar-refractivity contribution in [1.29, 1.82) is 0 Å². The fraction of sp³-hybridized carbons (Fsp3) is 0.368. The average Bonchev–Trinajstić information content (AvgIpc) is 3.14. The number of anilines is 2. The molecule has 2 aromatic rings. The van der Waals surface area contributed by atoms with Crippen LogP contribution in [0.25, 0.3) is 0 Å². The largest absolute Gasteiger partial charge is 0.377 e. The van der Waals surface area contributed by atoms with E-state index in [9.17, 15) is 4.79 Å². The summed E-state index contributed by atoms with van der Waals surface area (Å²) in [6.07, 6.45) is 2.57. The molecule has 1 aromatic carbocycles. The number of hydrogen-bond acceptors (Lipinski definition) is 5. The van der Waals surface area contributed by atoms with Gasteiger partial charge >= 0.3 is 0 Å². The highest BCUT2D eigenvalue weighted by atomic mass is 16.5. The second-order valence-corrected chi connectivity index (χ2v) is 6.06. The lowest BCUT2D eigenvalue weighted by atomic mass is 10.2. The van der Waals surface area contributed by atoms with Crippen LogP contribution >= 0.6 is 0 Å². The molecule has 1 aliphatic heterocycles. The van der Waals surface area contributed by atoms with E-state index >= 15 is 0 Å². The number of hydrogen-bond donors (Lipinski definition) is 3. The molecule has 3 rings (SSSR count). The lowest BCUT2D eigenvalue weighted by Gasteiger charge is -2.12. The van der Waals surface area contributed by atoms with E-state index in [1.54, 1.807) is 12.3 Å². The van der Waals surface area contributed by atoms with Gasteiger partial charge in [-0.05, 0) is 49.7 Å². The number of nitrogens with one attached hydrogen (secondary N) is 3. The van der Waals surface area contributed by atoms with Crippen LogP contribution in [0.15, 0.2) is 42.6 Å². The predicted molar refractivity (Wildman–Crippen MR) is 98.0 cm³/mol. The molecule has 1 aromatic heterocycles. The molecule has 6 heteroatoms. The van der Waals surface area contributed by atoms with E-state index in [0.717, 1.165) is 30.8 Å². The second-order valence-electron chi connectivity index (χ2n) is 6.06. The van der Waals surface area contributed by atoms with Crippen molar-refractivity contribution in [3.8, 4) is 0 Å². The van der Waals surface area contributed by atoms with E-state index in [1.165, 1.54) is 0 Å². The number of carbonyl (C=O) groups is 1. The molecule has 1 saturated heterocycles. The van der Waals surface area contributed by atoms with Gasteiger partial charge in [0.25, 0.3) is 5.91 Å². The molecular formula is C19H24N4O2. The number of carbonyl (C=O) groups excluding carboxylic acids is 1. The van der Waals surface area contributed by atoms with Crippen molar-refractivity contribution in [3.63, 3.8) is 0 Å². The summed E-state index contributed by atoms with van der Waals surface area (Å²) in [5.74, 6) is 0.624. The van der Waals surface area contributed by atoms with Gasteiger partial charge in [0.2, 0.25) is 0 Å². The Morgan fingerprint density at radius 3 is 3.00 bits per heavy atom. The Hall–Kier alpha value is -2.44. The van der Waals surface area contributed by atoms with Crippen molar-refractivity contribution in [2.75, 3.05) is 25.0 Å². The van der Waals surface area contributed by atoms with Gasteiger partial charge in [0.05, 0.1) is 12.2 Å². The Kier molecular flexibility index (Phi) is 5.98. The number of nitrogens with zero attached hydrogens (tertiary/aromatic N) is 1. The highest BCUT2D eigenvalue weighted by Crippen LogP contribution is 2.17. The first-order chi connectivity index (χ1) is 12.2. The number of ether oxygens (including phenoxy) is 1. The fourth-order valence-electron chi connectivity index (χ4n) is 2.76. The quantitative estimate of drug-likeness (QED) is 0.722. The number of pyridine rings is 1. The molecule has 0 aliphatic carbocycles. The summed E-state index contributed by atoms with van der Waals surface area (Å²) < 4.78 is 5.43. The minimum atomic E-state index is -0.0774. The van der Waals surface area contributed by atoms with Gasteiger partial charge in [-0.1, -0.05) is 12.1 Å². The summed E-state index contributed by atoms with van der Waals surface area (Å²) in [4.78, 5) is 16.5. The van der Waals surface area contributed by atoms with Gasteiger partial charge in [-0.25, -0.2) is 4.98 Å². The fourth-order valence-corrected chi connectivity index (χ4v) is 2.76. The Balaban J connectivity index is 1.59. The Labute approximate surface area is 148 Å². The second kappa shape index (κ2) is 8.60. The Morgan fingerprint density at radius 1 is 1.36 bits per heavy atom. The van der Waals surface area contributed by atoms with E-state index < -0.39 is 0 Å². The first kappa shape index (κ1) is 17.4. The molecule has 132 valence electrons. The molecule has 3 N–H and O–H groups in total. The van der Waals surface area contributed by atoms with Crippen molar-refractivity contribution in [2.24, 2.45) is 0 Å². The smallest absolute Gasteiger partial charge is 0.253 e. The molecule has 2 heterocycles. The summed E-state index contributed by atoms with van der Waals surface area (Å²) in [5.41, 5.74) is 2.62. The van der Waals surface area contributed by atoms with Crippen LogP contribution in [0.2, 0.25) is 0 Å². The molecule has 0 spiro atoms. The molecule has 25 heavy (non-hydrogen) atoms. The molecule has 1 unspecified atom stereocenters. The summed E-state index contributed by atoms with van der Waals surface area (Å²) in [6.45, 7) is 5.05.